The van der Waals surface area contributed by atoms with Gasteiger partial charge < -0.3 is 4.74 Å². The molecule has 4 aromatic rings. The van der Waals surface area contributed by atoms with Gasteiger partial charge in [-0.05, 0) is 53.2 Å². The quantitative estimate of drug-likeness (QED) is 0.276. The molecule has 0 bridgehead atoms. The first kappa shape index (κ1) is 21.9. The summed E-state index contributed by atoms with van der Waals surface area (Å²) in [5, 5.41) is 12.8. The Kier molecular flexibility index (Phi) is 6.74. The van der Waals surface area contributed by atoms with Gasteiger partial charge in [0.05, 0.1) is 22.3 Å². The minimum absolute atomic E-state index is 0.00912. The molecule has 0 fully saturated rings. The van der Waals surface area contributed by atoms with Crippen molar-refractivity contribution in [3.8, 4) is 11.4 Å². The van der Waals surface area contributed by atoms with Crippen LogP contribution in [0.15, 0.2) is 58.5 Å². The Morgan fingerprint density at radius 1 is 1.12 bits per heavy atom. The maximum absolute atomic E-state index is 13.3. The SMILES string of the molecule is CCCCn1nnnc1CSc1nc2ccccc2c(=O)n1-c1ccc(OC(F)F)cc1. The molecule has 0 atom stereocenters. The molecule has 166 valence electrons. The monoisotopic (exact) mass is 458 g/mol. The molecule has 0 unspecified atom stereocenters. The third-order valence-electron chi connectivity index (χ3n) is 4.72. The zero-order valence-electron chi connectivity index (χ0n) is 17.2. The second kappa shape index (κ2) is 9.86. The van der Waals surface area contributed by atoms with Crippen LogP contribution in [-0.2, 0) is 12.3 Å². The molecule has 8 nitrogen and oxygen atoms in total. The van der Waals surface area contributed by atoms with Crippen molar-refractivity contribution < 1.29 is 13.5 Å². The van der Waals surface area contributed by atoms with Crippen LogP contribution in [0.25, 0.3) is 16.6 Å². The average molecular weight is 458 g/mol. The molecule has 4 rings (SSSR count). The first-order valence-corrected chi connectivity index (χ1v) is 11.0. The zero-order chi connectivity index (χ0) is 22.5. The Labute approximate surface area is 186 Å². The van der Waals surface area contributed by atoms with Crippen LogP contribution in [0.3, 0.4) is 0 Å². The van der Waals surface area contributed by atoms with E-state index in [1.54, 1.807) is 35.0 Å². The second-order valence-electron chi connectivity index (χ2n) is 6.88. The van der Waals surface area contributed by atoms with Crippen LogP contribution in [0.5, 0.6) is 5.75 Å². The second-order valence-corrected chi connectivity index (χ2v) is 7.83. The molecule has 2 heterocycles. The molecule has 11 heteroatoms. The van der Waals surface area contributed by atoms with Gasteiger partial charge >= 0.3 is 6.61 Å². The molecule has 0 saturated heterocycles. The van der Waals surface area contributed by atoms with Gasteiger partial charge in [-0.2, -0.15) is 8.78 Å². The lowest BCUT2D eigenvalue weighted by Gasteiger charge is -2.14. The molecule has 2 aromatic carbocycles. The molecule has 0 aliphatic carbocycles. The number of hydrogen-bond donors (Lipinski definition) is 0. The summed E-state index contributed by atoms with van der Waals surface area (Å²) < 4.78 is 32.6. The van der Waals surface area contributed by atoms with Crippen LogP contribution in [0.4, 0.5) is 8.78 Å². The number of aryl methyl sites for hydroxylation is 1. The lowest BCUT2D eigenvalue weighted by Crippen LogP contribution is -2.22. The van der Waals surface area contributed by atoms with E-state index in [-0.39, 0.29) is 11.3 Å². The lowest BCUT2D eigenvalue weighted by atomic mass is 10.2. The van der Waals surface area contributed by atoms with Crippen molar-refractivity contribution in [1.82, 2.24) is 29.8 Å². The molecular weight excluding hydrogens is 438 g/mol. The summed E-state index contributed by atoms with van der Waals surface area (Å²) in [4.78, 5) is 18.0. The van der Waals surface area contributed by atoms with Gasteiger partial charge in [0.25, 0.3) is 5.56 Å². The number of nitrogens with zero attached hydrogens (tertiary/aromatic N) is 6. The summed E-state index contributed by atoms with van der Waals surface area (Å²) in [6, 6.07) is 12.9. The van der Waals surface area contributed by atoms with Gasteiger partial charge in [0.15, 0.2) is 11.0 Å². The number of tetrazole rings is 1. The molecular formula is C21H20F2N6O2S. The molecule has 0 spiro atoms. The minimum Gasteiger partial charge on any atom is -0.435 e. The maximum atomic E-state index is 13.3. The molecule has 2 aromatic heterocycles. The molecule has 0 radical (unpaired) electrons. The van der Waals surface area contributed by atoms with Gasteiger partial charge in [0.1, 0.15) is 5.75 Å². The van der Waals surface area contributed by atoms with Crippen molar-refractivity contribution in [2.24, 2.45) is 0 Å². The minimum atomic E-state index is -2.92. The van der Waals surface area contributed by atoms with E-state index in [0.29, 0.717) is 39.9 Å². The standard InChI is InChI=1S/C21H20F2N6O2S/c1-2-3-12-28-18(25-26-27-28)13-32-21-24-17-7-5-4-6-16(17)19(30)29(21)14-8-10-15(11-9-14)31-20(22)23/h4-11,20H,2-3,12-13H2,1H3. The van der Waals surface area contributed by atoms with E-state index < -0.39 is 6.61 Å². The highest BCUT2D eigenvalue weighted by Crippen LogP contribution is 2.25. The molecule has 32 heavy (non-hydrogen) atoms. The number of thioether (sulfide) groups is 1. The third-order valence-corrected chi connectivity index (χ3v) is 5.66. The normalized spacial score (nSPS) is 11.4. The van der Waals surface area contributed by atoms with Gasteiger partial charge in [0.2, 0.25) is 0 Å². The van der Waals surface area contributed by atoms with E-state index in [1.807, 2.05) is 6.07 Å². The van der Waals surface area contributed by atoms with Crippen molar-refractivity contribution in [2.75, 3.05) is 0 Å². The van der Waals surface area contributed by atoms with Crippen LogP contribution in [-0.4, -0.2) is 36.4 Å². The largest absolute Gasteiger partial charge is 0.435 e. The fourth-order valence-corrected chi connectivity index (χ4v) is 4.10. The highest BCUT2D eigenvalue weighted by Gasteiger charge is 2.16. The van der Waals surface area contributed by atoms with E-state index in [9.17, 15) is 13.6 Å². The smallest absolute Gasteiger partial charge is 0.387 e. The van der Waals surface area contributed by atoms with Crippen LogP contribution in [0, 0.1) is 0 Å². The lowest BCUT2D eigenvalue weighted by molar-refractivity contribution is -0.0498. The highest BCUT2D eigenvalue weighted by atomic mass is 32.2. The van der Waals surface area contributed by atoms with Crippen LogP contribution < -0.4 is 10.3 Å². The van der Waals surface area contributed by atoms with Crippen molar-refractivity contribution in [3.63, 3.8) is 0 Å². The summed E-state index contributed by atoms with van der Waals surface area (Å²) in [6.45, 7) is -0.118. The summed E-state index contributed by atoms with van der Waals surface area (Å²) in [7, 11) is 0. The summed E-state index contributed by atoms with van der Waals surface area (Å²) >= 11 is 1.33. The fraction of sp³-hybridized carbons (Fsp3) is 0.286. The topological polar surface area (TPSA) is 87.7 Å². The summed E-state index contributed by atoms with van der Waals surface area (Å²) in [6.07, 6.45) is 1.97. The van der Waals surface area contributed by atoms with E-state index in [1.165, 1.54) is 28.5 Å². The number of fused-ring (bicyclic) bond motifs is 1. The number of unbranched alkanes of at least 4 members (excludes halogenated alkanes) is 1. The number of alkyl halides is 2. The Balaban J connectivity index is 1.71. The van der Waals surface area contributed by atoms with Gasteiger partial charge in [0, 0.05) is 6.54 Å². The van der Waals surface area contributed by atoms with E-state index in [4.69, 9.17) is 0 Å². The van der Waals surface area contributed by atoms with Gasteiger partial charge in [-0.15, -0.1) is 5.10 Å². The molecule has 0 aliphatic rings. The number of halogens is 2. The number of rotatable bonds is 9. The molecule has 0 aliphatic heterocycles. The number of aromatic nitrogens is 6. The van der Waals surface area contributed by atoms with Gasteiger partial charge in [-0.25, -0.2) is 9.67 Å². The van der Waals surface area contributed by atoms with Gasteiger partial charge in [-0.3, -0.25) is 9.36 Å². The number of ether oxygens (including phenoxy) is 1. The first-order chi connectivity index (χ1) is 15.6. The van der Waals surface area contributed by atoms with Gasteiger partial charge in [-0.1, -0.05) is 37.2 Å². The Morgan fingerprint density at radius 2 is 1.91 bits per heavy atom. The van der Waals surface area contributed by atoms with Crippen molar-refractivity contribution in [2.45, 2.75) is 43.8 Å². The fourth-order valence-electron chi connectivity index (χ4n) is 3.15. The van der Waals surface area contributed by atoms with Crippen LogP contribution in [0.2, 0.25) is 0 Å². The number of hydrogen-bond acceptors (Lipinski definition) is 7. The predicted molar refractivity (Wildman–Crippen MR) is 116 cm³/mol. The Bertz CT molecular complexity index is 1260. The van der Waals surface area contributed by atoms with E-state index in [2.05, 4.69) is 32.2 Å². The van der Waals surface area contributed by atoms with Crippen molar-refractivity contribution in [3.05, 3.63) is 64.7 Å². The molecule has 0 N–H and O–H groups in total. The third kappa shape index (κ3) is 4.77. The zero-order valence-corrected chi connectivity index (χ0v) is 18.0. The van der Waals surface area contributed by atoms with E-state index >= 15 is 0 Å². The molecule has 0 amide bonds. The maximum Gasteiger partial charge on any atom is 0.387 e. The summed E-state index contributed by atoms with van der Waals surface area (Å²) in [5.74, 6) is 1.10. The van der Waals surface area contributed by atoms with Crippen molar-refractivity contribution in [1.29, 1.82) is 0 Å². The first-order valence-electron chi connectivity index (χ1n) is 10.0. The summed E-state index contributed by atoms with van der Waals surface area (Å²) in [5.41, 5.74) is 0.800. The molecule has 0 saturated carbocycles. The van der Waals surface area contributed by atoms with Crippen LogP contribution >= 0.6 is 11.8 Å². The Morgan fingerprint density at radius 3 is 2.66 bits per heavy atom. The Hall–Kier alpha value is -3.34. The van der Waals surface area contributed by atoms with Crippen LogP contribution in [0.1, 0.15) is 25.6 Å². The van der Waals surface area contributed by atoms with Crippen molar-refractivity contribution >= 4 is 22.7 Å². The predicted octanol–water partition coefficient (Wildman–Crippen LogP) is 4.07. The number of benzene rings is 2. The number of para-hydroxylation sites is 1. The average Bonchev–Trinajstić information content (AvgIpc) is 3.24. The highest BCUT2D eigenvalue weighted by molar-refractivity contribution is 7.98. The van der Waals surface area contributed by atoms with E-state index in [0.717, 1.165) is 12.8 Å².